The van der Waals surface area contributed by atoms with Gasteiger partial charge in [-0.25, -0.2) is 38.7 Å². The Kier molecular flexibility index (Phi) is 22.6. The largest absolute Gasteiger partial charge is 1.00 e. The number of rotatable bonds is 14. The Morgan fingerprint density at radius 1 is 0.581 bits per heavy atom. The number of anilines is 5. The number of benzene rings is 5. The Labute approximate surface area is 515 Å². The molecule has 0 saturated carbocycles. The molecule has 0 unspecified atom stereocenters. The average Bonchev–Trinajstić information content (AvgIpc) is 3.64. The predicted octanol–water partition coefficient (Wildman–Crippen LogP) is -4.08. The molecule has 0 fully saturated rings. The number of nitriles is 2. The van der Waals surface area contributed by atoms with Crippen molar-refractivity contribution in [2.45, 2.75) is 33.4 Å². The van der Waals surface area contributed by atoms with Gasteiger partial charge in [0.05, 0.1) is 30.8 Å². The molecule has 0 spiro atoms. The van der Waals surface area contributed by atoms with Gasteiger partial charge in [-0.05, 0) is 91.3 Å². The third kappa shape index (κ3) is 15.2. The van der Waals surface area contributed by atoms with E-state index in [1.165, 1.54) is 62.4 Å². The number of hydrogen-bond donors (Lipinski definition) is 3. The van der Waals surface area contributed by atoms with Crippen molar-refractivity contribution in [1.29, 1.82) is 10.5 Å². The second kappa shape index (κ2) is 26.0. The van der Waals surface area contributed by atoms with Crippen molar-refractivity contribution < 1.29 is 175 Å². The second-order valence-corrected chi connectivity index (χ2v) is 20.8. The smallest absolute Gasteiger partial charge is 0.744 e. The Hall–Kier alpha value is -3.90. The molecule has 23 nitrogen and oxygen atoms in total. The molecule has 0 atom stereocenters. The number of hydrogen-bond acceptors (Lipinski definition) is 23. The fraction of sp³-hybridized carbons (Fsp3) is 0.0476. The topological polar surface area (TPSA) is 392 Å². The van der Waals surface area contributed by atoms with Crippen LogP contribution in [0.4, 0.5) is 50.1 Å². The van der Waals surface area contributed by atoms with Gasteiger partial charge in [0, 0.05) is 45.9 Å². The molecule has 3 N–H and O–H groups in total. The summed E-state index contributed by atoms with van der Waals surface area (Å²) in [5, 5.41) is 45.4. The van der Waals surface area contributed by atoms with Crippen LogP contribution in [-0.4, -0.2) is 62.8 Å². The minimum atomic E-state index is -5.31. The van der Waals surface area contributed by atoms with Gasteiger partial charge in [0.1, 0.15) is 68.9 Å². The van der Waals surface area contributed by atoms with Crippen molar-refractivity contribution >= 4 is 119 Å². The molecule has 74 heavy (non-hydrogen) atoms. The van der Waals surface area contributed by atoms with Crippen molar-refractivity contribution in [2.24, 2.45) is 20.5 Å². The molecule has 0 radical (unpaired) electrons. The number of nitrogens with one attached hydrogen (secondary N) is 3. The summed E-state index contributed by atoms with van der Waals surface area (Å²) in [6.45, 7) is 2.74. The van der Waals surface area contributed by atoms with Gasteiger partial charge in [0.15, 0.2) is 16.6 Å². The Morgan fingerprint density at radius 2 is 1.08 bits per heavy atom. The van der Waals surface area contributed by atoms with Gasteiger partial charge in [-0.3, -0.25) is 4.79 Å². The molecule has 0 bridgehead atoms. The van der Waals surface area contributed by atoms with Crippen LogP contribution >= 0.6 is 11.3 Å². The second-order valence-electron chi connectivity index (χ2n) is 14.4. The fourth-order valence-corrected chi connectivity index (χ4v) is 9.90. The maximum atomic E-state index is 12.4. The average molecular weight is 1130 g/mol. The van der Waals surface area contributed by atoms with Crippen LogP contribution in [0, 0.1) is 29.6 Å². The van der Waals surface area contributed by atoms with Crippen LogP contribution < -0.4 is 134 Å². The summed E-state index contributed by atoms with van der Waals surface area (Å²) in [4.78, 5) is 13.4. The van der Waals surface area contributed by atoms with Crippen LogP contribution in [0.25, 0.3) is 21.9 Å². The van der Waals surface area contributed by atoms with Gasteiger partial charge < -0.3 is 34.2 Å². The minimum Gasteiger partial charge on any atom is -0.744 e. The van der Waals surface area contributed by atoms with Crippen LogP contribution in [0.3, 0.4) is 0 Å². The summed E-state index contributed by atoms with van der Waals surface area (Å²) in [7, 11) is -20.2. The zero-order chi connectivity index (χ0) is 50.9. The first-order chi connectivity index (χ1) is 32.8. The van der Waals surface area contributed by atoms with E-state index in [0.29, 0.717) is 22.6 Å². The number of fused-ring (bicyclic) bond motifs is 1. The first kappa shape index (κ1) is 64.4. The predicted molar refractivity (Wildman–Crippen MR) is 246 cm³/mol. The third-order valence-electron chi connectivity index (χ3n) is 9.75. The number of azo groups is 2. The molecule has 2 heterocycles. The first-order valence-corrected chi connectivity index (χ1v) is 25.7. The van der Waals surface area contributed by atoms with Crippen LogP contribution in [-0.2, 0) is 45.3 Å². The normalized spacial score (nSPS) is 11.6. The molecule has 7 rings (SSSR count). The fourth-order valence-electron chi connectivity index (χ4n) is 6.65. The Bertz CT molecular complexity index is 3930. The molecule has 0 saturated heterocycles. The molecule has 7 aromatic rings. The van der Waals surface area contributed by atoms with Crippen molar-refractivity contribution in [1.82, 2.24) is 4.98 Å². The number of amides is 1. The molecule has 0 aliphatic heterocycles. The van der Waals surface area contributed by atoms with Crippen molar-refractivity contribution in [2.75, 3.05) is 16.0 Å². The van der Waals surface area contributed by atoms with E-state index >= 15 is 0 Å². The summed E-state index contributed by atoms with van der Waals surface area (Å²) in [5.74, 6) is -0.661. The van der Waals surface area contributed by atoms with E-state index in [4.69, 9.17) is 0 Å². The van der Waals surface area contributed by atoms with E-state index in [0.717, 1.165) is 54.6 Å². The molecular weight excluding hydrogens is 1100 g/mol. The first-order valence-electron chi connectivity index (χ1n) is 19.2. The monoisotopic (exact) mass is 1130 g/mol. The van der Waals surface area contributed by atoms with Gasteiger partial charge >= 0.3 is 118 Å². The number of aromatic nitrogens is 1. The summed E-state index contributed by atoms with van der Waals surface area (Å²) in [6, 6.07) is 24.0. The zero-order valence-corrected chi connectivity index (χ0v) is 51.4. The van der Waals surface area contributed by atoms with Crippen LogP contribution in [0.1, 0.15) is 23.6 Å². The van der Waals surface area contributed by atoms with Crippen LogP contribution in [0.2, 0.25) is 0 Å². The van der Waals surface area contributed by atoms with Gasteiger partial charge in [0.2, 0.25) is 5.91 Å². The summed E-state index contributed by atoms with van der Waals surface area (Å²) < 4.78 is 143. The molecule has 1 amide bonds. The maximum absolute atomic E-state index is 12.4. The number of carbonyl (C=O) groups is 1. The van der Waals surface area contributed by atoms with E-state index in [1.807, 2.05) is 12.1 Å². The van der Waals surface area contributed by atoms with Gasteiger partial charge in [-0.2, -0.15) is 10.5 Å². The number of nitrogens with zero attached hydrogens (tertiary/aromatic N) is 7. The van der Waals surface area contributed by atoms with Gasteiger partial charge in [0.25, 0.3) is 0 Å². The molecular formula is C42H26N10Na4O13S5. The Morgan fingerprint density at radius 3 is 1.57 bits per heavy atom. The van der Waals surface area contributed by atoms with Crippen molar-refractivity contribution in [3.63, 3.8) is 0 Å². The molecule has 356 valence electrons. The van der Waals surface area contributed by atoms with Crippen LogP contribution in [0.5, 0.6) is 0 Å². The number of pyridine rings is 1. The van der Waals surface area contributed by atoms with Crippen molar-refractivity contribution in [3.8, 4) is 23.3 Å². The van der Waals surface area contributed by atoms with E-state index in [1.54, 1.807) is 0 Å². The van der Waals surface area contributed by atoms with E-state index in [-0.39, 0.29) is 190 Å². The Balaban J connectivity index is 0.00000361. The maximum Gasteiger partial charge on any atom is 1.00 e. The zero-order valence-electron chi connectivity index (χ0n) is 39.3. The van der Waals surface area contributed by atoms with Gasteiger partial charge in [-0.15, -0.1) is 20.5 Å². The molecule has 0 aliphatic rings. The van der Waals surface area contributed by atoms with E-state index in [2.05, 4.69) is 41.4 Å². The quantitative estimate of drug-likeness (QED) is 0.0530. The molecule has 32 heteroatoms. The SMILES string of the molecule is CC(=O)Nc1ccc(-c2c(N=Nc3cc(S(=O)(=O)[O-])c4cccc(S(=O)(=O)[O-])c4c3)sc(N=Nc3c(Nc4ccc(S(=O)(=O)[O-])cc4)nc(Nc4ccc(S(=O)(=O)[O-])cc4)c(C#N)c3C)c2C#N)cc1.[Na+].[Na+].[Na+].[Na+]. The number of carbonyl (C=O) groups excluding carboxylic acids is 1. The van der Waals surface area contributed by atoms with Crippen LogP contribution in [0.15, 0.2) is 143 Å². The standard InChI is InChI=1S/C42H30N10O13S5.4Na/c1-22-33(20-43)39(46-26-10-14-29(15-11-26)67(54,55)56)48-40(47-27-12-16-30(17-13-27)68(57,58)59)38(22)50-51-41-34(21-44)37(24-6-8-25(9-7-24)45-23(2)53)42(66-41)52-49-28-18-32-31(36(19-28)70(63,64)65)4-3-5-35(32)69(60,61)62;;;;/h3-19H,1-2H3,(H,45,53)(H2,46,47,48)(H,54,55,56)(H,57,58,59)(H,60,61,62)(H,63,64,65);;;;/q;4*+1/p-4. The van der Waals surface area contributed by atoms with E-state index in [9.17, 15) is 67.2 Å². The summed E-state index contributed by atoms with van der Waals surface area (Å²) in [6.07, 6.45) is 0. The molecule has 5 aromatic carbocycles. The summed E-state index contributed by atoms with van der Waals surface area (Å²) in [5.41, 5.74) is 0.330. The number of thiophene rings is 1. The minimum absolute atomic E-state index is 0. The third-order valence-corrected chi connectivity index (χ3v) is 14.2. The van der Waals surface area contributed by atoms with Crippen molar-refractivity contribution in [3.05, 3.63) is 120 Å². The molecule has 0 aliphatic carbocycles. The van der Waals surface area contributed by atoms with Gasteiger partial charge in [-0.1, -0.05) is 35.6 Å². The molecule has 2 aromatic heterocycles. The van der Waals surface area contributed by atoms with E-state index < -0.39 is 71.1 Å². The summed E-state index contributed by atoms with van der Waals surface area (Å²) >= 11 is 0.708.